The molecule has 2 aromatic carbocycles. The van der Waals surface area contributed by atoms with Crippen molar-refractivity contribution in [2.75, 3.05) is 11.9 Å². The Kier molecular flexibility index (Phi) is 5.30. The zero-order valence-corrected chi connectivity index (χ0v) is 16.9. The summed E-state index contributed by atoms with van der Waals surface area (Å²) in [6, 6.07) is 16.9. The molecule has 0 radical (unpaired) electrons. The molecular formula is C22H21N5O3. The van der Waals surface area contributed by atoms with E-state index in [1.54, 1.807) is 19.1 Å². The number of carbonyl (C=O) groups is 1. The van der Waals surface area contributed by atoms with E-state index >= 15 is 0 Å². The topological polar surface area (TPSA) is 95.1 Å². The van der Waals surface area contributed by atoms with Crippen molar-refractivity contribution in [3.8, 4) is 22.8 Å². The number of amides is 1. The van der Waals surface area contributed by atoms with E-state index in [2.05, 4.69) is 20.6 Å². The Bertz CT molecular complexity index is 1160. The van der Waals surface area contributed by atoms with Crippen molar-refractivity contribution in [1.82, 2.24) is 19.9 Å². The Hall–Kier alpha value is -3.94. The van der Waals surface area contributed by atoms with Crippen molar-refractivity contribution in [2.45, 2.75) is 20.8 Å². The Morgan fingerprint density at radius 1 is 1.07 bits per heavy atom. The molecule has 4 aromatic rings. The first kappa shape index (κ1) is 19.4. The van der Waals surface area contributed by atoms with Gasteiger partial charge in [0.1, 0.15) is 5.75 Å². The molecule has 152 valence electrons. The molecule has 2 aromatic heterocycles. The zero-order chi connectivity index (χ0) is 21.1. The van der Waals surface area contributed by atoms with E-state index in [0.29, 0.717) is 23.2 Å². The number of hydrogen-bond donors (Lipinski definition) is 1. The fourth-order valence-electron chi connectivity index (χ4n) is 3.09. The normalized spacial score (nSPS) is 10.8. The van der Waals surface area contributed by atoms with Crippen molar-refractivity contribution < 1.29 is 14.1 Å². The van der Waals surface area contributed by atoms with Crippen LogP contribution in [-0.2, 0) is 4.79 Å². The summed E-state index contributed by atoms with van der Waals surface area (Å²) in [4.78, 5) is 16.6. The fraction of sp³-hybridized carbons (Fsp3) is 0.182. The maximum absolute atomic E-state index is 12.4. The lowest BCUT2D eigenvalue weighted by Gasteiger charge is -2.09. The Morgan fingerprint density at radius 2 is 1.80 bits per heavy atom. The first-order valence-electron chi connectivity index (χ1n) is 9.46. The highest BCUT2D eigenvalue weighted by atomic mass is 16.5. The number of nitrogens with zero attached hydrogens (tertiary/aromatic N) is 4. The molecule has 2 heterocycles. The quantitative estimate of drug-likeness (QED) is 0.525. The molecule has 0 unspecified atom stereocenters. The van der Waals surface area contributed by atoms with E-state index in [9.17, 15) is 4.79 Å². The summed E-state index contributed by atoms with van der Waals surface area (Å²) in [6.07, 6.45) is 0. The minimum Gasteiger partial charge on any atom is -0.484 e. The molecule has 4 rings (SSSR count). The predicted molar refractivity (Wildman–Crippen MR) is 112 cm³/mol. The number of hydrogen-bond acceptors (Lipinski definition) is 6. The molecule has 0 aliphatic heterocycles. The summed E-state index contributed by atoms with van der Waals surface area (Å²) in [7, 11) is 0. The first-order valence-corrected chi connectivity index (χ1v) is 9.46. The molecule has 1 N–H and O–H groups in total. The Labute approximate surface area is 173 Å². The lowest BCUT2D eigenvalue weighted by molar-refractivity contribution is -0.118. The van der Waals surface area contributed by atoms with Crippen LogP contribution >= 0.6 is 0 Å². The molecule has 8 heteroatoms. The van der Waals surface area contributed by atoms with E-state index in [4.69, 9.17) is 9.26 Å². The molecule has 1 amide bonds. The lowest BCUT2D eigenvalue weighted by atomic mass is 10.2. The van der Waals surface area contributed by atoms with Gasteiger partial charge >= 0.3 is 0 Å². The zero-order valence-electron chi connectivity index (χ0n) is 16.9. The van der Waals surface area contributed by atoms with Crippen LogP contribution in [-0.4, -0.2) is 32.4 Å². The van der Waals surface area contributed by atoms with Crippen LogP contribution in [0.1, 0.15) is 17.3 Å². The second-order valence-corrected chi connectivity index (χ2v) is 6.79. The van der Waals surface area contributed by atoms with Crippen LogP contribution in [0.25, 0.3) is 17.1 Å². The van der Waals surface area contributed by atoms with E-state index < -0.39 is 0 Å². The van der Waals surface area contributed by atoms with Crippen molar-refractivity contribution >= 4 is 11.6 Å². The molecule has 0 atom stereocenters. The van der Waals surface area contributed by atoms with E-state index in [1.807, 2.05) is 61.0 Å². The lowest BCUT2D eigenvalue weighted by Crippen LogP contribution is -2.20. The van der Waals surface area contributed by atoms with Gasteiger partial charge in [-0.2, -0.15) is 10.1 Å². The van der Waals surface area contributed by atoms with Crippen molar-refractivity contribution in [2.24, 2.45) is 0 Å². The second kappa shape index (κ2) is 8.20. The number of benzene rings is 2. The Morgan fingerprint density at radius 3 is 2.47 bits per heavy atom. The number of carbonyl (C=O) groups excluding carboxylic acids is 1. The number of nitrogens with one attached hydrogen (secondary N) is 1. The molecule has 30 heavy (non-hydrogen) atoms. The van der Waals surface area contributed by atoms with Gasteiger partial charge in [0.2, 0.25) is 11.7 Å². The molecule has 8 nitrogen and oxygen atoms in total. The van der Waals surface area contributed by atoms with Crippen LogP contribution in [0, 0.1) is 20.8 Å². The number of para-hydroxylation sites is 1. The van der Waals surface area contributed by atoms with Crippen LogP contribution in [0.2, 0.25) is 0 Å². The summed E-state index contributed by atoms with van der Waals surface area (Å²) < 4.78 is 12.4. The highest BCUT2D eigenvalue weighted by molar-refractivity contribution is 5.93. The largest absolute Gasteiger partial charge is 0.484 e. The first-order chi connectivity index (χ1) is 14.5. The minimum atomic E-state index is -0.258. The van der Waals surface area contributed by atoms with Crippen molar-refractivity contribution in [3.63, 3.8) is 0 Å². The SMILES string of the molecule is Cc1nc(-c2ccc(OCC(=O)Nc3c(C)nn(-c4ccccc4)c3C)cc2)no1. The summed E-state index contributed by atoms with van der Waals surface area (Å²) >= 11 is 0. The number of ether oxygens (including phenoxy) is 1. The van der Waals surface area contributed by atoms with Crippen LogP contribution in [0.5, 0.6) is 5.75 Å². The van der Waals surface area contributed by atoms with E-state index in [1.165, 1.54) is 0 Å². The summed E-state index contributed by atoms with van der Waals surface area (Å²) in [5.41, 5.74) is 4.03. The highest BCUT2D eigenvalue weighted by Gasteiger charge is 2.15. The molecule has 0 spiro atoms. The average Bonchev–Trinajstić information content (AvgIpc) is 3.32. The van der Waals surface area contributed by atoms with Crippen molar-refractivity contribution in [3.05, 3.63) is 71.9 Å². The van der Waals surface area contributed by atoms with Gasteiger partial charge in [0.15, 0.2) is 6.61 Å². The van der Waals surface area contributed by atoms with Gasteiger partial charge in [-0.25, -0.2) is 4.68 Å². The maximum Gasteiger partial charge on any atom is 0.262 e. The van der Waals surface area contributed by atoms with E-state index in [-0.39, 0.29) is 12.5 Å². The number of anilines is 1. The number of rotatable bonds is 6. The minimum absolute atomic E-state index is 0.115. The third kappa shape index (κ3) is 4.07. The van der Waals surface area contributed by atoms with E-state index in [0.717, 1.165) is 22.6 Å². The fourth-order valence-corrected chi connectivity index (χ4v) is 3.09. The van der Waals surface area contributed by atoms with Gasteiger partial charge in [0, 0.05) is 12.5 Å². The maximum atomic E-state index is 12.4. The predicted octanol–water partition coefficient (Wildman–Crippen LogP) is 3.87. The molecule has 0 aliphatic carbocycles. The van der Waals surface area contributed by atoms with Gasteiger partial charge in [-0.1, -0.05) is 23.4 Å². The molecular weight excluding hydrogens is 382 g/mol. The van der Waals surface area contributed by atoms with Crippen LogP contribution in [0.15, 0.2) is 59.1 Å². The summed E-state index contributed by atoms with van der Waals surface area (Å²) in [5.74, 6) is 1.33. The van der Waals surface area contributed by atoms with Gasteiger partial charge in [0.05, 0.1) is 22.8 Å². The molecule has 0 fully saturated rings. The summed E-state index contributed by atoms with van der Waals surface area (Å²) in [5, 5.41) is 11.3. The standard InChI is InChI=1S/C22H21N5O3/c1-14-21(15(2)27(25-14)18-7-5-4-6-8-18)24-20(28)13-29-19-11-9-17(10-12-19)22-23-16(3)30-26-22/h4-12H,13H2,1-3H3,(H,24,28). The van der Waals surface area contributed by atoms with Gasteiger partial charge < -0.3 is 14.6 Å². The summed E-state index contributed by atoms with van der Waals surface area (Å²) in [6.45, 7) is 5.40. The highest BCUT2D eigenvalue weighted by Crippen LogP contribution is 2.23. The van der Waals surface area contributed by atoms with Crippen LogP contribution in [0.3, 0.4) is 0 Å². The molecule has 0 saturated carbocycles. The monoisotopic (exact) mass is 403 g/mol. The molecule has 0 bridgehead atoms. The van der Waals surface area contributed by atoms with Gasteiger partial charge in [0.25, 0.3) is 5.91 Å². The van der Waals surface area contributed by atoms with Crippen LogP contribution in [0.4, 0.5) is 5.69 Å². The van der Waals surface area contributed by atoms with Crippen molar-refractivity contribution in [1.29, 1.82) is 0 Å². The van der Waals surface area contributed by atoms with Gasteiger partial charge in [-0.05, 0) is 50.2 Å². The smallest absolute Gasteiger partial charge is 0.262 e. The number of aromatic nitrogens is 4. The van der Waals surface area contributed by atoms with Gasteiger partial charge in [-0.15, -0.1) is 0 Å². The third-order valence-corrected chi connectivity index (χ3v) is 4.57. The van der Waals surface area contributed by atoms with Crippen LogP contribution < -0.4 is 10.1 Å². The second-order valence-electron chi connectivity index (χ2n) is 6.79. The third-order valence-electron chi connectivity index (χ3n) is 4.57. The molecule has 0 saturated heterocycles. The average molecular weight is 403 g/mol. The Balaban J connectivity index is 1.39. The number of aryl methyl sites for hydroxylation is 2. The van der Waals surface area contributed by atoms with Gasteiger partial charge in [-0.3, -0.25) is 4.79 Å². The molecule has 0 aliphatic rings.